The molecule has 5 heteroatoms. The van der Waals surface area contributed by atoms with E-state index < -0.39 is 0 Å². The summed E-state index contributed by atoms with van der Waals surface area (Å²) in [6.45, 7) is 5.01. The second-order valence-electron chi connectivity index (χ2n) is 5.85. The van der Waals surface area contributed by atoms with Crippen LogP contribution in [-0.4, -0.2) is 32.0 Å². The SMILES string of the molecule is CC(C)CNC(=O)CNC1CC(=O)N(C)c2ccccc21. The number of carbonyl (C=O) groups is 2. The summed E-state index contributed by atoms with van der Waals surface area (Å²) >= 11 is 0. The van der Waals surface area contributed by atoms with E-state index in [0.717, 1.165) is 11.3 Å². The number of amides is 2. The highest BCUT2D eigenvalue weighted by atomic mass is 16.2. The van der Waals surface area contributed by atoms with Crippen molar-refractivity contribution in [1.82, 2.24) is 10.6 Å². The molecule has 1 aliphatic heterocycles. The van der Waals surface area contributed by atoms with Gasteiger partial charge in [-0.2, -0.15) is 0 Å². The molecule has 1 unspecified atom stereocenters. The van der Waals surface area contributed by atoms with Crippen molar-refractivity contribution in [2.45, 2.75) is 26.3 Å². The topological polar surface area (TPSA) is 61.4 Å². The van der Waals surface area contributed by atoms with Gasteiger partial charge in [-0.25, -0.2) is 0 Å². The lowest BCUT2D eigenvalue weighted by Gasteiger charge is -2.32. The molecular weight excluding hydrogens is 266 g/mol. The third-order valence-corrected chi connectivity index (χ3v) is 3.64. The summed E-state index contributed by atoms with van der Waals surface area (Å²) in [5.74, 6) is 0.459. The van der Waals surface area contributed by atoms with Crippen molar-refractivity contribution >= 4 is 17.5 Å². The molecule has 1 aromatic rings. The lowest BCUT2D eigenvalue weighted by molar-refractivity contribution is -0.122. The fraction of sp³-hybridized carbons (Fsp3) is 0.500. The van der Waals surface area contributed by atoms with E-state index in [9.17, 15) is 9.59 Å². The van der Waals surface area contributed by atoms with Crippen LogP contribution in [0.2, 0.25) is 0 Å². The molecule has 1 heterocycles. The summed E-state index contributed by atoms with van der Waals surface area (Å²) in [7, 11) is 1.78. The number of hydrogen-bond donors (Lipinski definition) is 2. The van der Waals surface area contributed by atoms with Crippen LogP contribution in [0.25, 0.3) is 0 Å². The van der Waals surface area contributed by atoms with Gasteiger partial charge in [0.1, 0.15) is 0 Å². The summed E-state index contributed by atoms with van der Waals surface area (Å²) in [6.07, 6.45) is 0.380. The molecule has 5 nitrogen and oxygen atoms in total. The fourth-order valence-electron chi connectivity index (χ4n) is 2.42. The number of benzene rings is 1. The van der Waals surface area contributed by atoms with E-state index in [1.54, 1.807) is 11.9 Å². The van der Waals surface area contributed by atoms with Crippen LogP contribution in [0.15, 0.2) is 24.3 Å². The minimum atomic E-state index is -0.102. The Labute approximate surface area is 125 Å². The Bertz CT molecular complexity index is 528. The lowest BCUT2D eigenvalue weighted by atomic mass is 9.96. The first-order chi connectivity index (χ1) is 9.99. The van der Waals surface area contributed by atoms with E-state index in [1.807, 2.05) is 24.3 Å². The molecular formula is C16H23N3O2. The number of anilines is 1. The van der Waals surface area contributed by atoms with Crippen molar-refractivity contribution in [2.75, 3.05) is 25.0 Å². The molecule has 0 spiro atoms. The van der Waals surface area contributed by atoms with Crippen LogP contribution in [0.1, 0.15) is 31.9 Å². The van der Waals surface area contributed by atoms with Crippen molar-refractivity contribution < 1.29 is 9.59 Å². The van der Waals surface area contributed by atoms with Crippen LogP contribution in [-0.2, 0) is 9.59 Å². The Morgan fingerprint density at radius 3 is 2.81 bits per heavy atom. The quantitative estimate of drug-likeness (QED) is 0.862. The second kappa shape index (κ2) is 6.72. The van der Waals surface area contributed by atoms with E-state index >= 15 is 0 Å². The number of carbonyl (C=O) groups excluding carboxylic acids is 2. The van der Waals surface area contributed by atoms with Gasteiger partial charge in [-0.15, -0.1) is 0 Å². The molecule has 1 aliphatic rings. The Morgan fingerprint density at radius 1 is 1.38 bits per heavy atom. The molecule has 2 amide bonds. The van der Waals surface area contributed by atoms with Gasteiger partial charge in [0.2, 0.25) is 11.8 Å². The van der Waals surface area contributed by atoms with Crippen molar-refractivity contribution in [3.05, 3.63) is 29.8 Å². The highest BCUT2D eigenvalue weighted by molar-refractivity contribution is 5.96. The van der Waals surface area contributed by atoms with Gasteiger partial charge in [0, 0.05) is 31.7 Å². The minimum Gasteiger partial charge on any atom is -0.355 e. The first-order valence-corrected chi connectivity index (χ1v) is 7.34. The summed E-state index contributed by atoms with van der Waals surface area (Å²) in [5.41, 5.74) is 1.98. The third-order valence-electron chi connectivity index (χ3n) is 3.64. The predicted molar refractivity (Wildman–Crippen MR) is 83.1 cm³/mol. The van der Waals surface area contributed by atoms with E-state index in [0.29, 0.717) is 18.9 Å². The maximum Gasteiger partial charge on any atom is 0.233 e. The van der Waals surface area contributed by atoms with Gasteiger partial charge in [0.25, 0.3) is 0 Å². The third kappa shape index (κ3) is 3.82. The molecule has 0 bridgehead atoms. The largest absolute Gasteiger partial charge is 0.355 e. The van der Waals surface area contributed by atoms with Crippen molar-refractivity contribution in [3.63, 3.8) is 0 Å². The molecule has 2 N–H and O–H groups in total. The smallest absolute Gasteiger partial charge is 0.233 e. The number of nitrogens with one attached hydrogen (secondary N) is 2. The number of para-hydroxylation sites is 1. The van der Waals surface area contributed by atoms with Crippen LogP contribution in [0.4, 0.5) is 5.69 Å². The summed E-state index contributed by atoms with van der Waals surface area (Å²) in [5, 5.41) is 6.06. The number of nitrogens with zero attached hydrogens (tertiary/aromatic N) is 1. The van der Waals surface area contributed by atoms with Crippen LogP contribution in [0, 0.1) is 5.92 Å². The zero-order chi connectivity index (χ0) is 15.4. The average Bonchev–Trinajstić information content (AvgIpc) is 2.47. The van der Waals surface area contributed by atoms with Crippen molar-refractivity contribution in [3.8, 4) is 0 Å². The van der Waals surface area contributed by atoms with E-state index in [-0.39, 0.29) is 24.4 Å². The standard InChI is InChI=1S/C16H23N3O2/c1-11(2)9-18-15(20)10-17-13-8-16(21)19(3)14-7-5-4-6-12(13)14/h4-7,11,13,17H,8-10H2,1-3H3,(H,18,20). The Kier molecular flexibility index (Phi) is 4.96. The van der Waals surface area contributed by atoms with Crippen LogP contribution >= 0.6 is 0 Å². The van der Waals surface area contributed by atoms with Crippen molar-refractivity contribution in [2.24, 2.45) is 5.92 Å². The van der Waals surface area contributed by atoms with Gasteiger partial charge in [0.15, 0.2) is 0 Å². The summed E-state index contributed by atoms with van der Waals surface area (Å²) in [6, 6.07) is 7.70. The zero-order valence-corrected chi connectivity index (χ0v) is 12.8. The molecule has 0 saturated carbocycles. The average molecular weight is 289 g/mol. The zero-order valence-electron chi connectivity index (χ0n) is 12.8. The maximum atomic E-state index is 12.0. The molecule has 1 aromatic carbocycles. The molecule has 0 saturated heterocycles. The van der Waals surface area contributed by atoms with Gasteiger partial charge in [-0.05, 0) is 17.5 Å². The van der Waals surface area contributed by atoms with Crippen LogP contribution in [0.5, 0.6) is 0 Å². The highest BCUT2D eigenvalue weighted by Gasteiger charge is 2.28. The summed E-state index contributed by atoms with van der Waals surface area (Å²) < 4.78 is 0. The van der Waals surface area contributed by atoms with Gasteiger partial charge in [0.05, 0.1) is 6.54 Å². The van der Waals surface area contributed by atoms with E-state index in [2.05, 4.69) is 24.5 Å². The fourth-order valence-corrected chi connectivity index (χ4v) is 2.42. The molecule has 114 valence electrons. The molecule has 0 radical (unpaired) electrons. The van der Waals surface area contributed by atoms with Gasteiger partial charge in [-0.1, -0.05) is 32.0 Å². The predicted octanol–water partition coefficient (Wildman–Crippen LogP) is 1.46. The molecule has 0 fully saturated rings. The Hall–Kier alpha value is -1.88. The maximum absolute atomic E-state index is 12.0. The van der Waals surface area contributed by atoms with E-state index in [4.69, 9.17) is 0 Å². The van der Waals surface area contributed by atoms with Crippen LogP contribution < -0.4 is 15.5 Å². The van der Waals surface area contributed by atoms with Gasteiger partial charge < -0.3 is 15.5 Å². The van der Waals surface area contributed by atoms with Gasteiger partial charge in [-0.3, -0.25) is 9.59 Å². The monoisotopic (exact) mass is 289 g/mol. The minimum absolute atomic E-state index is 0.0347. The van der Waals surface area contributed by atoms with Crippen LogP contribution in [0.3, 0.4) is 0 Å². The second-order valence-corrected chi connectivity index (χ2v) is 5.85. The summed E-state index contributed by atoms with van der Waals surface area (Å²) in [4.78, 5) is 25.5. The van der Waals surface area contributed by atoms with E-state index in [1.165, 1.54) is 0 Å². The Morgan fingerprint density at radius 2 is 2.10 bits per heavy atom. The lowest BCUT2D eigenvalue weighted by Crippen LogP contribution is -2.42. The number of fused-ring (bicyclic) bond motifs is 1. The number of hydrogen-bond acceptors (Lipinski definition) is 3. The number of rotatable bonds is 5. The van der Waals surface area contributed by atoms with Gasteiger partial charge >= 0.3 is 0 Å². The molecule has 0 aromatic heterocycles. The normalized spacial score (nSPS) is 17.8. The first-order valence-electron chi connectivity index (χ1n) is 7.34. The molecule has 1 atom stereocenters. The van der Waals surface area contributed by atoms with Crippen molar-refractivity contribution in [1.29, 1.82) is 0 Å². The molecule has 2 rings (SSSR count). The first kappa shape index (κ1) is 15.5. The molecule has 0 aliphatic carbocycles. The Balaban J connectivity index is 1.99. The molecule has 21 heavy (non-hydrogen) atoms. The highest BCUT2D eigenvalue weighted by Crippen LogP contribution is 2.33.